The van der Waals surface area contributed by atoms with Crippen molar-refractivity contribution in [3.63, 3.8) is 0 Å². The van der Waals surface area contributed by atoms with E-state index < -0.39 is 11.7 Å². The van der Waals surface area contributed by atoms with E-state index in [4.69, 9.17) is 21.5 Å². The maximum atomic E-state index is 15.0. The summed E-state index contributed by atoms with van der Waals surface area (Å²) in [7, 11) is 0. The third-order valence-electron chi connectivity index (χ3n) is 13.4. The summed E-state index contributed by atoms with van der Waals surface area (Å²) in [5.74, 6) is 0.603. The molecule has 0 fully saturated rings. The van der Waals surface area contributed by atoms with Gasteiger partial charge in [-0.1, -0.05) is 151 Å². The molecule has 342 valence electrons. The van der Waals surface area contributed by atoms with Gasteiger partial charge in [-0.25, -0.2) is 19.8 Å². The predicted octanol–water partition coefficient (Wildman–Crippen LogP) is 16.9. The maximum Gasteiger partial charge on any atom is 0.416 e. The second-order valence-electron chi connectivity index (χ2n) is 19.9. The van der Waals surface area contributed by atoms with Crippen molar-refractivity contribution in [3.05, 3.63) is 204 Å². The summed E-state index contributed by atoms with van der Waals surface area (Å²) in [6.45, 7) is 21.2. The number of aromatic nitrogens is 5. The Morgan fingerprint density at radius 3 is 1.40 bits per heavy atom. The van der Waals surface area contributed by atoms with Gasteiger partial charge in [0, 0.05) is 38.2 Å². The van der Waals surface area contributed by atoms with Gasteiger partial charge in [-0.15, -0.1) is 0 Å². The molecule has 0 N–H and O–H groups in total. The fourth-order valence-electron chi connectivity index (χ4n) is 9.71. The van der Waals surface area contributed by atoms with Crippen LogP contribution in [0.3, 0.4) is 0 Å². The second-order valence-corrected chi connectivity index (χ2v) is 19.9. The number of hydrogen-bond acceptors (Lipinski definition) is 3. The van der Waals surface area contributed by atoms with E-state index in [0.29, 0.717) is 22.5 Å². The molecule has 70 heavy (non-hydrogen) atoms. The molecule has 0 unspecified atom stereocenters. The van der Waals surface area contributed by atoms with Crippen LogP contribution in [-0.2, 0) is 17.0 Å². The number of nitrogens with zero attached hydrogens (tertiary/aromatic N) is 6. The van der Waals surface area contributed by atoms with Gasteiger partial charge in [-0.2, -0.15) is 13.2 Å². The third kappa shape index (κ3) is 7.57. The number of benzene rings is 8. The Hall–Kier alpha value is -8.35. The molecular weight excluding hydrogens is 874 g/mol. The van der Waals surface area contributed by atoms with Crippen LogP contribution in [0.2, 0.25) is 0 Å². The van der Waals surface area contributed by atoms with E-state index >= 15 is 13.2 Å². The molecule has 0 aliphatic rings. The molecule has 3 aromatic heterocycles. The first-order chi connectivity index (χ1) is 33.6. The van der Waals surface area contributed by atoms with Crippen LogP contribution < -0.4 is 0 Å². The average Bonchev–Trinajstić information content (AvgIpc) is 3.87. The Balaban J connectivity index is 1.25. The van der Waals surface area contributed by atoms with Crippen molar-refractivity contribution in [3.8, 4) is 56.7 Å². The van der Waals surface area contributed by atoms with Crippen molar-refractivity contribution in [1.29, 1.82) is 0 Å². The van der Waals surface area contributed by atoms with Gasteiger partial charge >= 0.3 is 6.18 Å². The van der Waals surface area contributed by atoms with Gasteiger partial charge in [-0.05, 0) is 99.8 Å². The Bertz CT molecular complexity index is 3910. The molecule has 3 heterocycles. The lowest BCUT2D eigenvalue weighted by Gasteiger charge is -2.20. The topological polar surface area (TPSA) is 52.9 Å². The van der Waals surface area contributed by atoms with Gasteiger partial charge in [0.1, 0.15) is 0 Å². The number of rotatable bonds is 6. The van der Waals surface area contributed by atoms with Crippen molar-refractivity contribution in [1.82, 2.24) is 24.1 Å². The van der Waals surface area contributed by atoms with Gasteiger partial charge in [-0.3, -0.25) is 0 Å². The Morgan fingerprint density at radius 2 is 0.857 bits per heavy atom. The molecule has 0 aliphatic carbocycles. The van der Waals surface area contributed by atoms with Crippen LogP contribution in [0.25, 0.3) is 105 Å². The minimum absolute atomic E-state index is 0.0668. The molecule has 0 atom stereocenters. The zero-order valence-corrected chi connectivity index (χ0v) is 39.6. The van der Waals surface area contributed by atoms with Crippen molar-refractivity contribution >= 4 is 49.3 Å². The Kier molecular flexibility index (Phi) is 10.4. The molecule has 0 saturated heterocycles. The number of para-hydroxylation sites is 3. The van der Waals surface area contributed by atoms with Crippen molar-refractivity contribution in [2.24, 2.45) is 0 Å². The van der Waals surface area contributed by atoms with E-state index in [1.54, 1.807) is 6.07 Å². The van der Waals surface area contributed by atoms with Crippen molar-refractivity contribution in [2.45, 2.75) is 58.5 Å². The normalized spacial score (nSPS) is 12.3. The van der Waals surface area contributed by atoms with Gasteiger partial charge in [0.25, 0.3) is 0 Å². The van der Waals surface area contributed by atoms with E-state index in [1.807, 2.05) is 102 Å². The molecule has 9 heteroatoms. The highest BCUT2D eigenvalue weighted by Gasteiger charge is 2.33. The molecule has 0 bridgehead atoms. The summed E-state index contributed by atoms with van der Waals surface area (Å²) in [5.41, 5.74) is 9.46. The zero-order chi connectivity index (χ0) is 48.7. The maximum absolute atomic E-state index is 15.0. The summed E-state index contributed by atoms with van der Waals surface area (Å²) in [6, 6.07) is 55.9. The van der Waals surface area contributed by atoms with E-state index in [9.17, 15) is 0 Å². The molecule has 6 nitrogen and oxygen atoms in total. The molecule has 0 radical (unpaired) electrons. The fraction of sp³-hybridized carbons (Fsp3) is 0.148. The second kappa shape index (κ2) is 16.4. The fourth-order valence-corrected chi connectivity index (χ4v) is 9.71. The number of hydrogen-bond donors (Lipinski definition) is 0. The quantitative estimate of drug-likeness (QED) is 0.156. The van der Waals surface area contributed by atoms with Gasteiger partial charge in [0.2, 0.25) is 0 Å². The molecule has 0 aliphatic heterocycles. The number of alkyl halides is 3. The minimum atomic E-state index is -4.67. The predicted molar refractivity (Wildman–Crippen MR) is 279 cm³/mol. The third-order valence-corrected chi connectivity index (χ3v) is 13.4. The first-order valence-electron chi connectivity index (χ1n) is 23.3. The lowest BCUT2D eigenvalue weighted by molar-refractivity contribution is -0.137. The smallest absolute Gasteiger partial charge is 0.309 e. The minimum Gasteiger partial charge on any atom is -0.309 e. The van der Waals surface area contributed by atoms with Gasteiger partial charge in [0.05, 0.1) is 45.6 Å². The van der Waals surface area contributed by atoms with E-state index in [0.717, 1.165) is 78.1 Å². The van der Waals surface area contributed by atoms with E-state index in [2.05, 4.69) is 106 Å². The van der Waals surface area contributed by atoms with Gasteiger partial charge < -0.3 is 9.13 Å². The summed E-state index contributed by atoms with van der Waals surface area (Å²) >= 11 is 0. The van der Waals surface area contributed by atoms with Gasteiger partial charge in [0.15, 0.2) is 23.2 Å². The largest absolute Gasteiger partial charge is 0.416 e. The average molecular weight is 921 g/mol. The molecule has 11 rings (SSSR count). The zero-order valence-electron chi connectivity index (χ0n) is 39.6. The molecular formula is C61H47F3N6. The summed E-state index contributed by atoms with van der Waals surface area (Å²) in [6.07, 6.45) is -4.67. The molecule has 0 spiro atoms. The first-order valence-corrected chi connectivity index (χ1v) is 23.3. The summed E-state index contributed by atoms with van der Waals surface area (Å²) in [4.78, 5) is 19.5. The highest BCUT2D eigenvalue weighted by Crippen LogP contribution is 2.44. The molecule has 0 saturated carbocycles. The van der Waals surface area contributed by atoms with Crippen LogP contribution in [0.4, 0.5) is 18.9 Å². The highest BCUT2D eigenvalue weighted by molar-refractivity contribution is 6.11. The van der Waals surface area contributed by atoms with Crippen LogP contribution >= 0.6 is 0 Å². The lowest BCUT2D eigenvalue weighted by atomic mass is 9.86. The summed E-state index contributed by atoms with van der Waals surface area (Å²) < 4.78 is 49.4. The SMILES string of the molecule is [C-]#[N+]c1ccccc1-c1ccc(-n2c3ccccc3c3cc(C(C)(C)C)ccc32)c(-c2nc(-c3ccccc3)nc(-c3cc(C(F)(F)F)ccc3-n3c4ccccc4c4cc(C(C)(C)C)ccc43)n2)c1. The van der Waals surface area contributed by atoms with Crippen LogP contribution in [-0.4, -0.2) is 24.1 Å². The van der Waals surface area contributed by atoms with Crippen molar-refractivity contribution in [2.75, 3.05) is 0 Å². The Labute approximate surface area is 404 Å². The molecule has 0 amide bonds. The van der Waals surface area contributed by atoms with Crippen molar-refractivity contribution < 1.29 is 13.2 Å². The van der Waals surface area contributed by atoms with E-state index in [1.165, 1.54) is 11.6 Å². The standard InChI is InChI=1S/C61H47F3N6/c1-59(2,3)39-26-30-52-45(34-39)43-20-12-15-23-50(43)69(52)54-29-25-38(42-19-11-14-22-49(42)65-7)33-47(54)57-66-56(37-17-9-8-10-18-37)67-58(68-57)48-36-41(61(62,63)64)28-32-55(48)70-51-24-16-13-21-44(51)46-35-40(60(4,5)6)27-31-53(46)70/h8-36H,1-6H3. The Morgan fingerprint density at radius 1 is 0.400 bits per heavy atom. The molecule has 11 aromatic rings. The molecule has 8 aromatic carbocycles. The van der Waals surface area contributed by atoms with Crippen LogP contribution in [0.15, 0.2) is 176 Å². The monoisotopic (exact) mass is 920 g/mol. The number of halogens is 3. The lowest BCUT2D eigenvalue weighted by Crippen LogP contribution is -2.11. The van der Waals surface area contributed by atoms with Crippen LogP contribution in [0.1, 0.15) is 58.2 Å². The van der Waals surface area contributed by atoms with E-state index in [-0.39, 0.29) is 33.9 Å². The van der Waals surface area contributed by atoms with Crippen LogP contribution in [0.5, 0.6) is 0 Å². The summed E-state index contributed by atoms with van der Waals surface area (Å²) in [5, 5.41) is 4.09. The highest BCUT2D eigenvalue weighted by atomic mass is 19.4. The first kappa shape index (κ1) is 44.2. The van der Waals surface area contributed by atoms with Crippen LogP contribution in [0, 0.1) is 6.57 Å². The number of fused-ring (bicyclic) bond motifs is 6.